The van der Waals surface area contributed by atoms with Crippen LogP contribution in [0.3, 0.4) is 0 Å². The lowest BCUT2D eigenvalue weighted by atomic mass is 10.2. The van der Waals surface area contributed by atoms with Crippen LogP contribution in [0.5, 0.6) is 0 Å². The van der Waals surface area contributed by atoms with Crippen molar-refractivity contribution in [1.82, 2.24) is 5.32 Å². The molecule has 0 heterocycles. The van der Waals surface area contributed by atoms with Crippen LogP contribution in [0, 0.1) is 0 Å². The zero-order chi connectivity index (χ0) is 10.1. The summed E-state index contributed by atoms with van der Waals surface area (Å²) in [6, 6.07) is 0. The molecule has 0 aliphatic heterocycles. The van der Waals surface area contributed by atoms with E-state index in [9.17, 15) is 4.21 Å². The maximum absolute atomic E-state index is 10.7. The van der Waals surface area contributed by atoms with Crippen molar-refractivity contribution < 1.29 is 8.76 Å². The van der Waals surface area contributed by atoms with Crippen LogP contribution in [0.1, 0.15) is 12.8 Å². The Labute approximate surface area is 82.2 Å². The minimum atomic E-state index is -1.79. The fraction of sp³-hybridized carbons (Fsp3) is 0.556. The van der Waals surface area contributed by atoms with Gasteiger partial charge in [-0.1, -0.05) is 18.2 Å². The monoisotopic (exact) mass is 203 g/mol. The highest BCUT2D eigenvalue weighted by Gasteiger charge is 2.07. The molecule has 0 aromatic heterocycles. The second kappa shape index (κ2) is 8.16. The van der Waals surface area contributed by atoms with Crippen molar-refractivity contribution in [3.63, 3.8) is 0 Å². The van der Waals surface area contributed by atoms with E-state index in [0.717, 1.165) is 13.0 Å². The van der Waals surface area contributed by atoms with Crippen molar-refractivity contribution >= 4 is 11.1 Å². The molecule has 2 unspecified atom stereocenters. The Kier molecular flexibility index (Phi) is 7.88. The molecule has 2 atom stereocenters. The molecule has 0 bridgehead atoms. The Bertz CT molecular complexity index is 192. The number of rotatable bonds is 7. The van der Waals surface area contributed by atoms with Gasteiger partial charge in [-0.2, -0.15) is 0 Å². The van der Waals surface area contributed by atoms with Gasteiger partial charge in [0.05, 0.1) is 5.25 Å². The van der Waals surface area contributed by atoms with Gasteiger partial charge in [0.25, 0.3) is 0 Å². The lowest BCUT2D eigenvalue weighted by Gasteiger charge is -2.03. The van der Waals surface area contributed by atoms with Crippen LogP contribution in [0.25, 0.3) is 0 Å². The van der Waals surface area contributed by atoms with Crippen molar-refractivity contribution in [3.8, 4) is 0 Å². The molecule has 0 saturated carbocycles. The van der Waals surface area contributed by atoms with Gasteiger partial charge in [0.1, 0.15) is 0 Å². The van der Waals surface area contributed by atoms with Crippen LogP contribution in [-0.2, 0) is 11.1 Å². The van der Waals surface area contributed by atoms with E-state index in [1.165, 1.54) is 0 Å². The topological polar surface area (TPSA) is 49.3 Å². The maximum atomic E-state index is 10.7. The van der Waals surface area contributed by atoms with E-state index < -0.39 is 11.1 Å². The maximum Gasteiger partial charge on any atom is 0.160 e. The van der Waals surface area contributed by atoms with E-state index in [4.69, 9.17) is 4.55 Å². The number of hydrogen-bond acceptors (Lipinski definition) is 2. The van der Waals surface area contributed by atoms with E-state index in [1.54, 1.807) is 12.2 Å². The van der Waals surface area contributed by atoms with Crippen molar-refractivity contribution in [3.05, 3.63) is 24.8 Å². The van der Waals surface area contributed by atoms with Crippen LogP contribution in [0.2, 0.25) is 0 Å². The SMILES string of the molecule is C=CCC(/C=C\CCNC)S(=O)O. The smallest absolute Gasteiger partial charge is 0.160 e. The lowest BCUT2D eigenvalue weighted by Crippen LogP contribution is -2.10. The van der Waals surface area contributed by atoms with E-state index in [2.05, 4.69) is 11.9 Å². The molecule has 2 N–H and O–H groups in total. The third kappa shape index (κ3) is 6.69. The van der Waals surface area contributed by atoms with Crippen LogP contribution in [-0.4, -0.2) is 27.6 Å². The molecule has 0 aliphatic carbocycles. The molecule has 3 nitrogen and oxygen atoms in total. The van der Waals surface area contributed by atoms with Crippen LogP contribution in [0.4, 0.5) is 0 Å². The summed E-state index contributed by atoms with van der Waals surface area (Å²) in [4.78, 5) is 0. The molecule has 4 heteroatoms. The summed E-state index contributed by atoms with van der Waals surface area (Å²) in [5, 5.41) is 2.68. The highest BCUT2D eigenvalue weighted by molar-refractivity contribution is 7.80. The van der Waals surface area contributed by atoms with Gasteiger partial charge >= 0.3 is 0 Å². The second-order valence-electron chi connectivity index (χ2n) is 2.66. The summed E-state index contributed by atoms with van der Waals surface area (Å²) >= 11 is -1.79. The Hall–Kier alpha value is -0.450. The molecule has 13 heavy (non-hydrogen) atoms. The minimum Gasteiger partial charge on any atom is -0.319 e. The predicted molar refractivity (Wildman–Crippen MR) is 57.1 cm³/mol. The molecule has 0 saturated heterocycles. The zero-order valence-electron chi connectivity index (χ0n) is 7.90. The summed E-state index contributed by atoms with van der Waals surface area (Å²) in [5.74, 6) is 0. The Morgan fingerprint density at radius 2 is 2.38 bits per heavy atom. The molecular formula is C9H17NO2S. The van der Waals surface area contributed by atoms with E-state index in [0.29, 0.717) is 6.42 Å². The van der Waals surface area contributed by atoms with Gasteiger partial charge in [-0.25, -0.2) is 4.21 Å². The van der Waals surface area contributed by atoms with Gasteiger partial charge in [-0.05, 0) is 26.4 Å². The van der Waals surface area contributed by atoms with E-state index in [-0.39, 0.29) is 5.25 Å². The van der Waals surface area contributed by atoms with Crippen molar-refractivity contribution in [1.29, 1.82) is 0 Å². The molecular weight excluding hydrogens is 186 g/mol. The normalized spacial score (nSPS) is 15.8. The van der Waals surface area contributed by atoms with Crippen molar-refractivity contribution in [2.75, 3.05) is 13.6 Å². The van der Waals surface area contributed by atoms with E-state index in [1.807, 2.05) is 13.1 Å². The van der Waals surface area contributed by atoms with Crippen LogP contribution < -0.4 is 5.32 Å². The molecule has 0 radical (unpaired) electrons. The standard InChI is InChI=1S/C9H17NO2S/c1-3-6-9(13(11)12)7-4-5-8-10-2/h3-4,7,9-10H,1,5-6,8H2,2H3,(H,11,12)/b7-4-. The number of nitrogens with one attached hydrogen (secondary N) is 1. The first kappa shape index (κ1) is 12.6. The van der Waals surface area contributed by atoms with Gasteiger partial charge < -0.3 is 9.87 Å². The van der Waals surface area contributed by atoms with E-state index >= 15 is 0 Å². The molecule has 0 rings (SSSR count). The largest absolute Gasteiger partial charge is 0.319 e. The van der Waals surface area contributed by atoms with Gasteiger partial charge in [-0.3, -0.25) is 0 Å². The minimum absolute atomic E-state index is 0.311. The average molecular weight is 203 g/mol. The van der Waals surface area contributed by atoms with Gasteiger partial charge in [0.15, 0.2) is 11.1 Å². The van der Waals surface area contributed by atoms with Crippen molar-refractivity contribution in [2.45, 2.75) is 18.1 Å². The predicted octanol–water partition coefficient (Wildman–Crippen LogP) is 1.32. The molecule has 0 spiro atoms. The highest BCUT2D eigenvalue weighted by atomic mass is 32.2. The zero-order valence-corrected chi connectivity index (χ0v) is 8.72. The first-order chi connectivity index (χ1) is 6.22. The molecule has 0 aromatic rings. The molecule has 0 aliphatic rings. The Morgan fingerprint density at radius 3 is 2.85 bits per heavy atom. The third-order valence-corrected chi connectivity index (χ3v) is 2.44. The lowest BCUT2D eigenvalue weighted by molar-refractivity contribution is 0.556. The highest BCUT2D eigenvalue weighted by Crippen LogP contribution is 2.03. The summed E-state index contributed by atoms with van der Waals surface area (Å²) in [6.07, 6.45) is 6.76. The van der Waals surface area contributed by atoms with Gasteiger partial charge in [0, 0.05) is 0 Å². The first-order valence-corrected chi connectivity index (χ1v) is 5.41. The summed E-state index contributed by atoms with van der Waals surface area (Å²) in [7, 11) is 1.87. The van der Waals surface area contributed by atoms with Gasteiger partial charge in [-0.15, -0.1) is 6.58 Å². The Balaban J connectivity index is 3.86. The summed E-state index contributed by atoms with van der Waals surface area (Å²) < 4.78 is 19.6. The average Bonchev–Trinajstić information content (AvgIpc) is 2.10. The van der Waals surface area contributed by atoms with Crippen LogP contribution >= 0.6 is 0 Å². The molecule has 0 fully saturated rings. The Morgan fingerprint density at radius 1 is 1.69 bits per heavy atom. The second-order valence-corrected chi connectivity index (χ2v) is 3.82. The number of hydrogen-bond donors (Lipinski definition) is 2. The fourth-order valence-corrected chi connectivity index (χ4v) is 1.41. The first-order valence-electron chi connectivity index (χ1n) is 4.24. The quantitative estimate of drug-likeness (QED) is 0.373. The summed E-state index contributed by atoms with van der Waals surface area (Å²) in [6.45, 7) is 4.42. The number of allylic oxidation sites excluding steroid dienone is 1. The molecule has 0 amide bonds. The van der Waals surface area contributed by atoms with Crippen LogP contribution in [0.15, 0.2) is 24.8 Å². The molecule has 76 valence electrons. The molecule has 0 aromatic carbocycles. The fourth-order valence-electron chi connectivity index (χ4n) is 0.868. The summed E-state index contributed by atoms with van der Waals surface area (Å²) in [5.41, 5.74) is 0. The van der Waals surface area contributed by atoms with Gasteiger partial charge in [0.2, 0.25) is 0 Å². The third-order valence-electron chi connectivity index (χ3n) is 1.57. The van der Waals surface area contributed by atoms with Crippen molar-refractivity contribution in [2.24, 2.45) is 0 Å².